The first-order valence-electron chi connectivity index (χ1n) is 4.98. The Kier molecular flexibility index (Phi) is 4.16. The summed E-state index contributed by atoms with van der Waals surface area (Å²) in [6.07, 6.45) is 0. The molecule has 2 heterocycles. The average molecular weight is 335 g/mol. The number of hydrogen-bond acceptors (Lipinski definition) is 8. The van der Waals surface area contributed by atoms with Crippen molar-refractivity contribution in [3.63, 3.8) is 0 Å². The minimum absolute atomic E-state index is 0.0291. The zero-order valence-electron chi connectivity index (χ0n) is 9.90. The predicted octanol–water partition coefficient (Wildman–Crippen LogP) is 1.17. The van der Waals surface area contributed by atoms with Crippen LogP contribution < -0.4 is 4.72 Å². The number of sulfonamides is 1. The fourth-order valence-electron chi connectivity index (χ4n) is 1.21. The Morgan fingerprint density at radius 1 is 1.40 bits per heavy atom. The highest BCUT2D eigenvalue weighted by molar-refractivity contribution is 7.94. The van der Waals surface area contributed by atoms with Gasteiger partial charge in [0.2, 0.25) is 0 Å². The van der Waals surface area contributed by atoms with E-state index in [-0.39, 0.29) is 20.9 Å². The maximum atomic E-state index is 12.1. The number of thiazole rings is 1. The van der Waals surface area contributed by atoms with Crippen LogP contribution in [0.2, 0.25) is 5.15 Å². The largest absolute Gasteiger partial charge is 0.464 e. The number of methoxy groups -OCH3 is 1. The van der Waals surface area contributed by atoms with Gasteiger partial charge in [-0.2, -0.15) is 0 Å². The maximum Gasteiger partial charge on any atom is 0.358 e. The molecule has 0 atom stereocenters. The van der Waals surface area contributed by atoms with Gasteiger partial charge in [-0.3, -0.25) is 4.72 Å². The van der Waals surface area contributed by atoms with Gasteiger partial charge in [-0.05, 0) is 12.1 Å². The molecule has 0 fully saturated rings. The summed E-state index contributed by atoms with van der Waals surface area (Å²) in [7, 11) is -2.87. The first-order chi connectivity index (χ1) is 9.44. The topological polar surface area (TPSA) is 111 Å². The number of anilines is 1. The standard InChI is InChI=1S/C9H7ClN4O4S2/c1-18-8(15)7-9(19-4-11-7)20(16,17)14-6-3-2-5(10)12-13-6/h2-4H,1H3,(H,13,14). The molecule has 0 aliphatic rings. The number of carbonyl (C=O) groups is 1. The molecule has 0 amide bonds. The summed E-state index contributed by atoms with van der Waals surface area (Å²) in [4.78, 5) is 15.1. The number of esters is 1. The molecule has 1 N–H and O–H groups in total. The Bertz CT molecular complexity index is 729. The number of nitrogens with zero attached hydrogens (tertiary/aromatic N) is 3. The number of nitrogens with one attached hydrogen (secondary N) is 1. The van der Waals surface area contributed by atoms with E-state index in [1.165, 1.54) is 17.6 Å². The molecule has 0 saturated heterocycles. The molecule has 2 rings (SSSR count). The fourth-order valence-corrected chi connectivity index (χ4v) is 3.44. The Morgan fingerprint density at radius 3 is 2.75 bits per heavy atom. The highest BCUT2D eigenvalue weighted by Gasteiger charge is 2.27. The fraction of sp³-hybridized carbons (Fsp3) is 0.111. The predicted molar refractivity (Wildman–Crippen MR) is 71.3 cm³/mol. The number of ether oxygens (including phenoxy) is 1. The van der Waals surface area contributed by atoms with E-state index in [0.29, 0.717) is 0 Å². The molecule has 0 aliphatic carbocycles. The van der Waals surface area contributed by atoms with E-state index in [2.05, 4.69) is 24.6 Å². The van der Waals surface area contributed by atoms with Gasteiger partial charge < -0.3 is 4.74 Å². The van der Waals surface area contributed by atoms with Crippen LogP contribution in [-0.2, 0) is 14.8 Å². The van der Waals surface area contributed by atoms with Crippen LogP contribution in [0.25, 0.3) is 0 Å². The van der Waals surface area contributed by atoms with Crippen LogP contribution >= 0.6 is 22.9 Å². The second kappa shape index (κ2) is 5.69. The van der Waals surface area contributed by atoms with E-state index in [4.69, 9.17) is 11.6 Å². The summed E-state index contributed by atoms with van der Waals surface area (Å²) in [6.45, 7) is 0. The molecule has 106 valence electrons. The SMILES string of the molecule is COC(=O)c1ncsc1S(=O)(=O)Nc1ccc(Cl)nn1. The third kappa shape index (κ3) is 3.03. The van der Waals surface area contributed by atoms with Crippen LogP contribution in [0.4, 0.5) is 5.82 Å². The van der Waals surface area contributed by atoms with Crippen molar-refractivity contribution in [2.24, 2.45) is 0 Å². The number of rotatable bonds is 4. The second-order valence-electron chi connectivity index (χ2n) is 3.33. The number of carbonyl (C=O) groups excluding carboxylic acids is 1. The molecular weight excluding hydrogens is 328 g/mol. The summed E-state index contributed by atoms with van der Waals surface area (Å²) in [5.74, 6) is -0.868. The number of aromatic nitrogens is 3. The van der Waals surface area contributed by atoms with Gasteiger partial charge in [0.1, 0.15) is 0 Å². The van der Waals surface area contributed by atoms with Gasteiger partial charge in [0.25, 0.3) is 10.0 Å². The Labute approximate surface area is 122 Å². The van der Waals surface area contributed by atoms with Crippen molar-refractivity contribution in [1.29, 1.82) is 0 Å². The quantitative estimate of drug-likeness (QED) is 0.835. The van der Waals surface area contributed by atoms with E-state index in [9.17, 15) is 13.2 Å². The van der Waals surface area contributed by atoms with Gasteiger partial charge in [0, 0.05) is 0 Å². The summed E-state index contributed by atoms with van der Waals surface area (Å²) in [5, 5.41) is 7.19. The molecule has 0 bridgehead atoms. The van der Waals surface area contributed by atoms with Crippen LogP contribution in [0.15, 0.2) is 21.9 Å². The lowest BCUT2D eigenvalue weighted by Crippen LogP contribution is -2.17. The van der Waals surface area contributed by atoms with Crippen LogP contribution in [0.3, 0.4) is 0 Å². The lowest BCUT2D eigenvalue weighted by molar-refractivity contribution is 0.0590. The third-order valence-corrected chi connectivity index (χ3v) is 4.95. The van der Waals surface area contributed by atoms with Crippen LogP contribution in [0.1, 0.15) is 10.5 Å². The van der Waals surface area contributed by atoms with Crippen molar-refractivity contribution >= 4 is 44.7 Å². The number of hydrogen-bond donors (Lipinski definition) is 1. The van der Waals surface area contributed by atoms with E-state index in [1.54, 1.807) is 0 Å². The monoisotopic (exact) mass is 334 g/mol. The van der Waals surface area contributed by atoms with E-state index < -0.39 is 16.0 Å². The highest BCUT2D eigenvalue weighted by atomic mass is 35.5. The molecule has 0 saturated carbocycles. The molecule has 8 nitrogen and oxygen atoms in total. The Balaban J connectivity index is 2.34. The Morgan fingerprint density at radius 2 is 2.15 bits per heavy atom. The van der Waals surface area contributed by atoms with Gasteiger partial charge in [-0.25, -0.2) is 18.2 Å². The van der Waals surface area contributed by atoms with Gasteiger partial charge in [-0.15, -0.1) is 21.5 Å². The third-order valence-electron chi connectivity index (χ3n) is 2.03. The Hall–Kier alpha value is -1.78. The first kappa shape index (κ1) is 14.6. The smallest absolute Gasteiger partial charge is 0.358 e. The van der Waals surface area contributed by atoms with Crippen LogP contribution in [-0.4, -0.2) is 36.7 Å². The first-order valence-corrected chi connectivity index (χ1v) is 7.72. The van der Waals surface area contributed by atoms with Crippen molar-refractivity contribution in [2.75, 3.05) is 11.8 Å². The van der Waals surface area contributed by atoms with Gasteiger partial charge in [0.15, 0.2) is 20.9 Å². The van der Waals surface area contributed by atoms with Crippen LogP contribution in [0, 0.1) is 0 Å². The number of halogens is 1. The van der Waals surface area contributed by atoms with Gasteiger partial charge in [-0.1, -0.05) is 11.6 Å². The molecule has 11 heteroatoms. The van der Waals surface area contributed by atoms with Crippen molar-refractivity contribution in [3.8, 4) is 0 Å². The summed E-state index contributed by atoms with van der Waals surface area (Å²) < 4.78 is 30.7. The minimum Gasteiger partial charge on any atom is -0.464 e. The molecule has 0 aromatic carbocycles. The minimum atomic E-state index is -4.01. The van der Waals surface area contributed by atoms with Crippen molar-refractivity contribution in [2.45, 2.75) is 4.21 Å². The molecule has 20 heavy (non-hydrogen) atoms. The lowest BCUT2D eigenvalue weighted by atomic mass is 10.5. The molecular formula is C9H7ClN4O4S2. The molecule has 0 spiro atoms. The second-order valence-corrected chi connectivity index (χ2v) is 6.45. The summed E-state index contributed by atoms with van der Waals surface area (Å²) in [5.41, 5.74) is 0.945. The van der Waals surface area contributed by atoms with Crippen molar-refractivity contribution < 1.29 is 17.9 Å². The molecule has 0 aliphatic heterocycles. The molecule has 2 aromatic heterocycles. The maximum absolute atomic E-state index is 12.1. The van der Waals surface area contributed by atoms with E-state index in [1.807, 2.05) is 0 Å². The van der Waals surface area contributed by atoms with Crippen molar-refractivity contribution in [1.82, 2.24) is 15.2 Å². The summed E-state index contributed by atoms with van der Waals surface area (Å²) in [6, 6.07) is 2.71. The highest BCUT2D eigenvalue weighted by Crippen LogP contribution is 2.23. The zero-order chi connectivity index (χ0) is 14.8. The molecule has 0 radical (unpaired) electrons. The molecule has 0 unspecified atom stereocenters. The van der Waals surface area contributed by atoms with Crippen molar-refractivity contribution in [3.05, 3.63) is 28.5 Å². The average Bonchev–Trinajstić information content (AvgIpc) is 2.90. The normalized spacial score (nSPS) is 11.1. The van der Waals surface area contributed by atoms with E-state index in [0.717, 1.165) is 18.4 Å². The summed E-state index contributed by atoms with van der Waals surface area (Å²) >= 11 is 6.33. The van der Waals surface area contributed by atoms with Crippen LogP contribution in [0.5, 0.6) is 0 Å². The molecule has 2 aromatic rings. The van der Waals surface area contributed by atoms with Gasteiger partial charge in [0.05, 0.1) is 12.6 Å². The lowest BCUT2D eigenvalue weighted by Gasteiger charge is -2.05. The van der Waals surface area contributed by atoms with E-state index >= 15 is 0 Å². The zero-order valence-corrected chi connectivity index (χ0v) is 12.3. The van der Waals surface area contributed by atoms with Gasteiger partial charge >= 0.3 is 5.97 Å².